The lowest BCUT2D eigenvalue weighted by atomic mass is 10.1. The van der Waals surface area contributed by atoms with Crippen LogP contribution in [0.25, 0.3) is 10.9 Å². The lowest BCUT2D eigenvalue weighted by molar-refractivity contribution is 0.355. The molecule has 1 aromatic heterocycles. The van der Waals surface area contributed by atoms with Crippen molar-refractivity contribution in [1.29, 1.82) is 0 Å². The van der Waals surface area contributed by atoms with E-state index in [1.165, 1.54) is 0 Å². The highest BCUT2D eigenvalue weighted by atomic mass is 32.2. The van der Waals surface area contributed by atoms with E-state index in [1.54, 1.807) is 32.5 Å². The van der Waals surface area contributed by atoms with Crippen molar-refractivity contribution in [1.82, 2.24) is 14.9 Å². The molecule has 9 heteroatoms. The van der Waals surface area contributed by atoms with Gasteiger partial charge in [-0.3, -0.25) is 0 Å². The number of nitrogens with one attached hydrogen (secondary N) is 1. The topological polar surface area (TPSA) is 93.7 Å². The molecule has 1 aliphatic heterocycles. The van der Waals surface area contributed by atoms with Gasteiger partial charge in [-0.1, -0.05) is 0 Å². The molecule has 8 nitrogen and oxygen atoms in total. The number of ether oxygens (including phenoxy) is 2. The first-order valence-electron chi connectivity index (χ1n) is 10.3. The summed E-state index contributed by atoms with van der Waals surface area (Å²) in [7, 11) is -0.306. The highest BCUT2D eigenvalue weighted by Gasteiger charge is 2.27. The Balaban J connectivity index is 1.51. The molecule has 2 heterocycles. The number of nitrogens with zero attached hydrogens (tertiary/aromatic N) is 3. The normalized spacial score (nSPS) is 15.9. The van der Waals surface area contributed by atoms with E-state index in [-0.39, 0.29) is 0 Å². The summed E-state index contributed by atoms with van der Waals surface area (Å²) in [5.41, 5.74) is 3.57. The van der Waals surface area contributed by atoms with Crippen LogP contribution in [0.2, 0.25) is 0 Å². The second kappa shape index (κ2) is 7.65. The predicted molar refractivity (Wildman–Crippen MR) is 118 cm³/mol. The molecule has 162 valence electrons. The van der Waals surface area contributed by atoms with Crippen molar-refractivity contribution in [2.45, 2.75) is 24.2 Å². The van der Waals surface area contributed by atoms with Gasteiger partial charge in [0.15, 0.2) is 11.5 Å². The Hall–Kier alpha value is -2.91. The van der Waals surface area contributed by atoms with Crippen LogP contribution in [0.4, 0.5) is 11.4 Å². The van der Waals surface area contributed by atoms with Gasteiger partial charge in [0, 0.05) is 30.2 Å². The summed E-state index contributed by atoms with van der Waals surface area (Å²) in [6, 6.07) is 9.04. The van der Waals surface area contributed by atoms with Gasteiger partial charge >= 0.3 is 0 Å². The van der Waals surface area contributed by atoms with Crippen LogP contribution in [0.1, 0.15) is 18.4 Å². The fourth-order valence-electron chi connectivity index (χ4n) is 4.01. The summed E-state index contributed by atoms with van der Waals surface area (Å²) in [5, 5.41) is 9.30. The first-order chi connectivity index (χ1) is 15.0. The largest absolute Gasteiger partial charge is 0.493 e. The molecule has 1 fully saturated rings. The maximum absolute atomic E-state index is 12.7. The van der Waals surface area contributed by atoms with E-state index in [9.17, 15) is 8.42 Å². The van der Waals surface area contributed by atoms with Gasteiger partial charge < -0.3 is 14.4 Å². The summed E-state index contributed by atoms with van der Waals surface area (Å²) >= 11 is 0. The quantitative estimate of drug-likeness (QED) is 0.604. The standard InChI is InChI=1S/C22H24N4O4S/c1-29-21-10-17-18(11-22(21)30-2)25-23-13-20(17)26-8-7-15-9-16(5-6-19(15)26)31(27,28)24-12-14-3-4-14/h5-6,9-11,13-14,24H,3-4,7-8,12H2,1-2H3. The summed E-state index contributed by atoms with van der Waals surface area (Å²) in [6.07, 6.45) is 4.68. The molecule has 0 bridgehead atoms. The number of aromatic nitrogens is 2. The van der Waals surface area contributed by atoms with E-state index in [1.807, 2.05) is 18.2 Å². The number of methoxy groups -OCH3 is 2. The number of fused-ring (bicyclic) bond motifs is 2. The van der Waals surface area contributed by atoms with Crippen LogP contribution in [-0.4, -0.2) is 45.9 Å². The Morgan fingerprint density at radius 1 is 1.10 bits per heavy atom. The molecule has 0 spiro atoms. The van der Waals surface area contributed by atoms with Crippen LogP contribution in [0.3, 0.4) is 0 Å². The molecule has 2 aliphatic rings. The minimum Gasteiger partial charge on any atom is -0.493 e. The van der Waals surface area contributed by atoms with E-state index in [2.05, 4.69) is 19.8 Å². The summed E-state index contributed by atoms with van der Waals surface area (Å²) < 4.78 is 38.9. The molecular formula is C22H24N4O4S. The Morgan fingerprint density at radius 2 is 1.87 bits per heavy atom. The first-order valence-corrected chi connectivity index (χ1v) is 11.8. The van der Waals surface area contributed by atoms with E-state index in [0.29, 0.717) is 34.4 Å². The van der Waals surface area contributed by atoms with Gasteiger partial charge in [-0.05, 0) is 55.0 Å². The average molecular weight is 441 g/mol. The zero-order valence-electron chi connectivity index (χ0n) is 17.5. The Bertz CT molecular complexity index is 1260. The first kappa shape index (κ1) is 20.0. The van der Waals surface area contributed by atoms with Crippen molar-refractivity contribution in [2.24, 2.45) is 5.92 Å². The van der Waals surface area contributed by atoms with Gasteiger partial charge in [-0.2, -0.15) is 10.2 Å². The molecule has 0 saturated heterocycles. The van der Waals surface area contributed by atoms with Crippen LogP contribution < -0.4 is 19.1 Å². The second-order valence-electron chi connectivity index (χ2n) is 7.94. The van der Waals surface area contributed by atoms with Crippen LogP contribution in [0, 0.1) is 5.92 Å². The van der Waals surface area contributed by atoms with Gasteiger partial charge in [0.25, 0.3) is 0 Å². The van der Waals surface area contributed by atoms with Crippen molar-refractivity contribution in [2.75, 3.05) is 32.2 Å². The number of sulfonamides is 1. The van der Waals surface area contributed by atoms with Gasteiger partial charge in [0.2, 0.25) is 10.0 Å². The molecule has 1 saturated carbocycles. The minimum absolute atomic E-state index is 0.317. The van der Waals surface area contributed by atoms with Crippen LogP contribution in [0.15, 0.2) is 41.4 Å². The zero-order chi connectivity index (χ0) is 21.6. The van der Waals surface area contributed by atoms with Crippen LogP contribution in [0.5, 0.6) is 11.5 Å². The number of hydrogen-bond acceptors (Lipinski definition) is 7. The smallest absolute Gasteiger partial charge is 0.240 e. The third kappa shape index (κ3) is 3.68. The number of anilines is 2. The third-order valence-corrected chi connectivity index (χ3v) is 7.35. The summed E-state index contributed by atoms with van der Waals surface area (Å²) in [4.78, 5) is 2.46. The van der Waals surface area contributed by atoms with Crippen molar-refractivity contribution < 1.29 is 17.9 Å². The Morgan fingerprint density at radius 3 is 2.61 bits per heavy atom. The molecule has 2 aromatic carbocycles. The molecule has 0 atom stereocenters. The number of rotatable bonds is 7. The molecule has 5 rings (SSSR count). The second-order valence-corrected chi connectivity index (χ2v) is 9.71. The lowest BCUT2D eigenvalue weighted by Gasteiger charge is -2.21. The van der Waals surface area contributed by atoms with Gasteiger partial charge in [0.1, 0.15) is 0 Å². The summed E-state index contributed by atoms with van der Waals surface area (Å²) in [5.74, 6) is 1.70. The molecular weight excluding hydrogens is 416 g/mol. The highest BCUT2D eigenvalue weighted by molar-refractivity contribution is 7.89. The van der Waals surface area contributed by atoms with E-state index < -0.39 is 10.0 Å². The monoisotopic (exact) mass is 440 g/mol. The minimum atomic E-state index is -3.49. The number of hydrogen-bond donors (Lipinski definition) is 1. The van der Waals surface area contributed by atoms with E-state index in [4.69, 9.17) is 9.47 Å². The van der Waals surface area contributed by atoms with Crippen molar-refractivity contribution >= 4 is 32.3 Å². The molecule has 31 heavy (non-hydrogen) atoms. The van der Waals surface area contributed by atoms with Crippen LogP contribution >= 0.6 is 0 Å². The molecule has 0 radical (unpaired) electrons. The van der Waals surface area contributed by atoms with E-state index in [0.717, 1.165) is 48.1 Å². The SMILES string of the molecule is COc1cc2nncc(N3CCc4cc(S(=O)(=O)NCC5CC5)ccc43)c2cc1OC. The van der Waals surface area contributed by atoms with Gasteiger partial charge in [-0.25, -0.2) is 13.1 Å². The molecule has 1 N–H and O–H groups in total. The highest BCUT2D eigenvalue weighted by Crippen LogP contribution is 2.41. The Kier molecular flexibility index (Phi) is 4.94. The van der Waals surface area contributed by atoms with Crippen molar-refractivity contribution in [3.8, 4) is 11.5 Å². The van der Waals surface area contributed by atoms with Crippen molar-refractivity contribution in [3.05, 3.63) is 42.1 Å². The van der Waals surface area contributed by atoms with Gasteiger partial charge in [-0.15, -0.1) is 0 Å². The van der Waals surface area contributed by atoms with Gasteiger partial charge in [0.05, 0.1) is 36.5 Å². The average Bonchev–Trinajstić information content (AvgIpc) is 3.53. The lowest BCUT2D eigenvalue weighted by Crippen LogP contribution is -2.25. The van der Waals surface area contributed by atoms with Crippen LogP contribution in [-0.2, 0) is 16.4 Å². The zero-order valence-corrected chi connectivity index (χ0v) is 18.3. The van der Waals surface area contributed by atoms with E-state index >= 15 is 0 Å². The maximum Gasteiger partial charge on any atom is 0.240 e. The number of benzene rings is 2. The fourth-order valence-corrected chi connectivity index (χ4v) is 5.18. The molecule has 0 unspecified atom stereocenters. The fraction of sp³-hybridized carbons (Fsp3) is 0.364. The summed E-state index contributed by atoms with van der Waals surface area (Å²) in [6.45, 7) is 1.25. The molecule has 1 aliphatic carbocycles. The molecule has 3 aromatic rings. The third-order valence-electron chi connectivity index (χ3n) is 5.93. The predicted octanol–water partition coefficient (Wildman–Crippen LogP) is 3.03. The Labute approximate surface area is 181 Å². The molecule has 0 amide bonds. The maximum atomic E-state index is 12.7. The van der Waals surface area contributed by atoms with Crippen molar-refractivity contribution in [3.63, 3.8) is 0 Å².